The van der Waals surface area contributed by atoms with Gasteiger partial charge in [0.2, 0.25) is 20.0 Å². The first-order chi connectivity index (χ1) is 31.8. The minimum atomic E-state index is -4.09. The van der Waals surface area contributed by atoms with Gasteiger partial charge in [0.1, 0.15) is 0 Å². The van der Waals surface area contributed by atoms with E-state index in [1.54, 1.807) is 48.5 Å². The van der Waals surface area contributed by atoms with E-state index in [1.807, 2.05) is 36.4 Å². The van der Waals surface area contributed by atoms with Gasteiger partial charge in [-0.3, -0.25) is 9.59 Å². The third kappa shape index (κ3) is 9.84. The van der Waals surface area contributed by atoms with Crippen molar-refractivity contribution in [2.45, 2.75) is 45.2 Å². The number of esters is 2. The number of fused-ring (bicyclic) bond motifs is 2. The quantitative estimate of drug-likeness (QED) is 0.0815. The molecule has 0 radical (unpaired) electrons. The number of carbonyl (C=O) groups excluding carboxylic acids is 4. The fraction of sp³-hybridized carbons (Fsp3) is 0.250. The number of methoxy groups -OCH3 is 2. The molecule has 0 unspecified atom stereocenters. The van der Waals surface area contributed by atoms with Gasteiger partial charge in [-0.25, -0.2) is 26.4 Å². The lowest BCUT2D eigenvalue weighted by molar-refractivity contribution is 0.0592. The zero-order chi connectivity index (χ0) is 46.6. The molecule has 2 aliphatic heterocycles. The maximum Gasteiger partial charge on any atom is 0.337 e. The summed E-state index contributed by atoms with van der Waals surface area (Å²) in [6.07, 6.45) is 0.782. The van der Waals surface area contributed by atoms with Gasteiger partial charge < -0.3 is 20.1 Å². The average molecular weight is 967 g/mol. The minimum absolute atomic E-state index is 0.0109. The van der Waals surface area contributed by atoms with Crippen molar-refractivity contribution in [1.82, 2.24) is 19.2 Å². The number of rotatable bonds is 15. The van der Waals surface area contributed by atoms with Crippen LogP contribution in [0.3, 0.4) is 0 Å². The van der Waals surface area contributed by atoms with Crippen molar-refractivity contribution in [3.63, 3.8) is 0 Å². The van der Waals surface area contributed by atoms with Crippen LogP contribution in [0.4, 0.5) is 0 Å². The Hall–Kier alpha value is -5.76. The minimum Gasteiger partial charge on any atom is -0.465 e. The molecule has 2 fully saturated rings. The number of hydrogen-bond donors (Lipinski definition) is 2. The van der Waals surface area contributed by atoms with Crippen molar-refractivity contribution < 1.29 is 45.5 Å². The third-order valence-corrected chi connectivity index (χ3v) is 19.0. The molecule has 2 amide bonds. The van der Waals surface area contributed by atoms with Crippen LogP contribution in [0, 0.1) is 0 Å². The van der Waals surface area contributed by atoms with Gasteiger partial charge in [0.25, 0.3) is 11.8 Å². The Morgan fingerprint density at radius 3 is 1.24 bits per heavy atom. The molecule has 14 nitrogen and oxygen atoms in total. The average Bonchev–Trinajstić information content (AvgIpc) is 3.98. The Morgan fingerprint density at radius 1 is 0.515 bits per heavy atom. The number of nitrogens with one attached hydrogen (secondary N) is 2. The highest BCUT2D eigenvalue weighted by molar-refractivity contribution is 8.77. The van der Waals surface area contributed by atoms with Gasteiger partial charge in [-0.05, 0) is 84.3 Å². The number of hydrogen-bond acceptors (Lipinski definition) is 12. The standard InChI is InChI=1S/C48H46N4O10S4/c1-61-47(55)35-21-17-33(18-22-35)45(53)49-27-37-25-39(29-51(37)65(57,58)43-15-7-11-31-9-3-5-13-41(31)43)63-64-40-26-38(28-50-46(54)34-19-23-36(24-20-34)48(56)62-2)52(30-40)66(59,60)44-16-8-12-32-10-4-6-14-42(32)44/h3-24,37-40H,25-30H2,1-2H3,(H,49,53)(H,50,54)/t37-,38-,39+,40+/m0/s1. The molecule has 8 rings (SSSR count). The van der Waals surface area contributed by atoms with E-state index < -0.39 is 55.9 Å². The molecule has 0 bridgehead atoms. The van der Waals surface area contributed by atoms with Gasteiger partial charge in [-0.1, -0.05) is 94.4 Å². The molecule has 6 aromatic rings. The zero-order valence-electron chi connectivity index (χ0n) is 35.9. The highest BCUT2D eigenvalue weighted by atomic mass is 33.1. The van der Waals surface area contributed by atoms with Crippen LogP contribution in [0.5, 0.6) is 0 Å². The molecule has 0 saturated carbocycles. The second-order valence-corrected chi connectivity index (χ2v) is 22.5. The molecular weight excluding hydrogens is 921 g/mol. The SMILES string of the molecule is COC(=O)c1ccc(C(=O)NC[C@@H]2C[C@@H](SS[C@@H]3C[C@@H](CNC(=O)c4ccc(C(=O)OC)cc4)N(S(=O)(=O)c4cccc5ccccc45)C3)CN2S(=O)(=O)c2cccc3ccccc23)cc1. The predicted octanol–water partition coefficient (Wildman–Crippen LogP) is 6.77. The van der Waals surface area contributed by atoms with Crippen LogP contribution < -0.4 is 10.6 Å². The van der Waals surface area contributed by atoms with Crippen molar-refractivity contribution >= 4 is 86.9 Å². The van der Waals surface area contributed by atoms with E-state index in [1.165, 1.54) is 92.9 Å². The van der Waals surface area contributed by atoms with Gasteiger partial charge in [0, 0.05) is 70.7 Å². The van der Waals surface area contributed by atoms with Crippen LogP contribution in [-0.4, -0.2) is 112 Å². The summed E-state index contributed by atoms with van der Waals surface area (Å²) in [6.45, 7) is 0.293. The molecule has 2 N–H and O–H groups in total. The monoisotopic (exact) mass is 966 g/mol. The van der Waals surface area contributed by atoms with Gasteiger partial charge in [-0.15, -0.1) is 0 Å². The summed E-state index contributed by atoms with van der Waals surface area (Å²) in [7, 11) is -2.67. The fourth-order valence-corrected chi connectivity index (χ4v) is 15.5. The van der Waals surface area contributed by atoms with Gasteiger partial charge >= 0.3 is 11.9 Å². The van der Waals surface area contributed by atoms with E-state index >= 15 is 0 Å². The van der Waals surface area contributed by atoms with Crippen molar-refractivity contribution in [2.24, 2.45) is 0 Å². The van der Waals surface area contributed by atoms with Crippen LogP contribution in [0.2, 0.25) is 0 Å². The van der Waals surface area contributed by atoms with Crippen LogP contribution >= 0.6 is 21.6 Å². The van der Waals surface area contributed by atoms with E-state index in [9.17, 15) is 36.0 Å². The van der Waals surface area contributed by atoms with E-state index in [0.29, 0.717) is 23.6 Å². The van der Waals surface area contributed by atoms with Crippen LogP contribution in [0.15, 0.2) is 143 Å². The lowest BCUT2D eigenvalue weighted by Crippen LogP contribution is -2.43. The Morgan fingerprint density at radius 2 is 0.864 bits per heavy atom. The van der Waals surface area contributed by atoms with Gasteiger partial charge in [0.15, 0.2) is 0 Å². The van der Waals surface area contributed by atoms with Crippen molar-refractivity contribution in [3.8, 4) is 0 Å². The summed E-state index contributed by atoms with van der Waals surface area (Å²) in [5, 5.41) is 8.03. The summed E-state index contributed by atoms with van der Waals surface area (Å²) in [5.74, 6) is -1.95. The van der Waals surface area contributed by atoms with Gasteiger partial charge in [-0.2, -0.15) is 8.61 Å². The maximum absolute atomic E-state index is 14.6. The van der Waals surface area contributed by atoms with E-state index in [4.69, 9.17) is 9.47 Å². The lowest BCUT2D eigenvalue weighted by Gasteiger charge is -2.25. The number of amides is 2. The van der Waals surface area contributed by atoms with Crippen molar-refractivity contribution in [3.05, 3.63) is 156 Å². The molecule has 0 aliphatic carbocycles. The fourth-order valence-electron chi connectivity index (χ4n) is 8.42. The molecule has 4 atom stereocenters. The summed E-state index contributed by atoms with van der Waals surface area (Å²) in [4.78, 5) is 51.0. The third-order valence-electron chi connectivity index (χ3n) is 11.8. The molecule has 0 aromatic heterocycles. The summed E-state index contributed by atoms with van der Waals surface area (Å²) in [5.41, 5.74) is 1.14. The molecule has 6 aromatic carbocycles. The van der Waals surface area contributed by atoms with E-state index in [-0.39, 0.29) is 68.7 Å². The summed E-state index contributed by atoms with van der Waals surface area (Å²) in [6, 6.07) is 35.5. The van der Waals surface area contributed by atoms with Crippen LogP contribution in [0.1, 0.15) is 54.3 Å². The number of ether oxygens (including phenoxy) is 2. The molecular formula is C48H46N4O10S4. The van der Waals surface area contributed by atoms with Gasteiger partial charge in [0.05, 0.1) is 35.1 Å². The van der Waals surface area contributed by atoms with Crippen molar-refractivity contribution in [2.75, 3.05) is 40.4 Å². The highest BCUT2D eigenvalue weighted by Crippen LogP contribution is 2.44. The first kappa shape index (κ1) is 46.8. The smallest absolute Gasteiger partial charge is 0.337 e. The molecule has 66 heavy (non-hydrogen) atoms. The summed E-state index contributed by atoms with van der Waals surface area (Å²) >= 11 is 0. The Labute approximate surface area is 390 Å². The van der Waals surface area contributed by atoms with E-state index in [2.05, 4.69) is 10.6 Å². The number of sulfonamides is 2. The van der Waals surface area contributed by atoms with Crippen LogP contribution in [-0.2, 0) is 29.5 Å². The number of carbonyl (C=O) groups is 4. The largest absolute Gasteiger partial charge is 0.465 e. The molecule has 2 aliphatic rings. The zero-order valence-corrected chi connectivity index (χ0v) is 39.1. The molecule has 342 valence electrons. The first-order valence-corrected chi connectivity index (χ1v) is 26.2. The number of nitrogens with zero attached hydrogens (tertiary/aromatic N) is 2. The van der Waals surface area contributed by atoms with E-state index in [0.717, 1.165) is 10.8 Å². The molecule has 0 spiro atoms. The highest BCUT2D eigenvalue weighted by Gasteiger charge is 2.44. The van der Waals surface area contributed by atoms with Crippen molar-refractivity contribution in [1.29, 1.82) is 0 Å². The topological polar surface area (TPSA) is 186 Å². The molecule has 2 heterocycles. The predicted molar refractivity (Wildman–Crippen MR) is 255 cm³/mol. The Balaban J connectivity index is 1.02. The lowest BCUT2D eigenvalue weighted by atomic mass is 10.1. The maximum atomic E-state index is 14.6. The molecule has 2 saturated heterocycles. The Bertz CT molecular complexity index is 2810. The second-order valence-electron chi connectivity index (χ2n) is 15.9. The first-order valence-electron chi connectivity index (χ1n) is 21.0. The van der Waals surface area contributed by atoms with Crippen LogP contribution in [0.25, 0.3) is 21.5 Å². The normalized spacial score (nSPS) is 19.1. The molecule has 18 heteroatoms. The summed E-state index contributed by atoms with van der Waals surface area (Å²) < 4.78 is 71.0. The number of benzene rings is 6. The Kier molecular flexibility index (Phi) is 14.2. The second kappa shape index (κ2) is 20.0.